The van der Waals surface area contributed by atoms with Crippen molar-refractivity contribution in [2.24, 2.45) is 0 Å². The monoisotopic (exact) mass is 329 g/mol. The molecule has 3 N–H and O–H groups in total. The molecule has 0 bridgehead atoms. The van der Waals surface area contributed by atoms with Gasteiger partial charge in [-0.25, -0.2) is 4.98 Å². The molecule has 1 amide bonds. The van der Waals surface area contributed by atoms with E-state index < -0.39 is 0 Å². The minimum atomic E-state index is -0.107. The third kappa shape index (κ3) is 2.94. The average molecular weight is 329 g/mol. The summed E-state index contributed by atoms with van der Waals surface area (Å²) in [5.41, 5.74) is 6.71. The van der Waals surface area contributed by atoms with Gasteiger partial charge in [0.15, 0.2) is 16.6 Å². The zero-order valence-electron chi connectivity index (χ0n) is 12.5. The van der Waals surface area contributed by atoms with Crippen LogP contribution in [0.3, 0.4) is 0 Å². The van der Waals surface area contributed by atoms with Gasteiger partial charge in [-0.15, -0.1) is 6.42 Å². The summed E-state index contributed by atoms with van der Waals surface area (Å²) in [6.45, 7) is 0.164. The van der Waals surface area contributed by atoms with Gasteiger partial charge in [-0.2, -0.15) is 0 Å². The summed E-state index contributed by atoms with van der Waals surface area (Å²) in [5.74, 6) is 3.91. The van der Waals surface area contributed by atoms with E-state index in [4.69, 9.17) is 21.6 Å². The zero-order valence-corrected chi connectivity index (χ0v) is 13.3. The number of ether oxygens (including phenoxy) is 2. The van der Waals surface area contributed by atoms with Gasteiger partial charge >= 0.3 is 0 Å². The SMILES string of the molecule is C#CCOc1ccc(C2CC(=O)Nc3nc(N)sc32)cc1OC. The third-order valence-electron chi connectivity index (χ3n) is 3.53. The minimum Gasteiger partial charge on any atom is -0.493 e. The van der Waals surface area contributed by atoms with E-state index in [1.807, 2.05) is 12.1 Å². The molecule has 2 heterocycles. The Hall–Kier alpha value is -2.72. The molecular formula is C16H15N3O3S. The van der Waals surface area contributed by atoms with E-state index in [0.29, 0.717) is 28.9 Å². The van der Waals surface area contributed by atoms with Gasteiger partial charge in [0.25, 0.3) is 0 Å². The van der Waals surface area contributed by atoms with Crippen LogP contribution < -0.4 is 20.5 Å². The summed E-state index contributed by atoms with van der Waals surface area (Å²) < 4.78 is 10.8. The first-order valence-corrected chi connectivity index (χ1v) is 7.74. The van der Waals surface area contributed by atoms with Gasteiger partial charge in [-0.3, -0.25) is 4.79 Å². The van der Waals surface area contributed by atoms with Crippen molar-refractivity contribution in [3.8, 4) is 23.8 Å². The fraction of sp³-hybridized carbons (Fsp3) is 0.250. The number of thiazole rings is 1. The van der Waals surface area contributed by atoms with Gasteiger partial charge in [-0.1, -0.05) is 23.3 Å². The molecule has 7 heteroatoms. The molecule has 2 aromatic rings. The van der Waals surface area contributed by atoms with Crippen LogP contribution >= 0.6 is 11.3 Å². The normalized spacial score (nSPS) is 16.2. The number of aromatic nitrogens is 1. The third-order valence-corrected chi connectivity index (χ3v) is 4.53. The zero-order chi connectivity index (χ0) is 16.4. The van der Waals surface area contributed by atoms with Gasteiger partial charge in [0.1, 0.15) is 12.4 Å². The molecule has 0 spiro atoms. The Labute approximate surface area is 137 Å². The maximum atomic E-state index is 11.9. The second-order valence-electron chi connectivity index (χ2n) is 4.97. The van der Waals surface area contributed by atoms with Crippen LogP contribution in [0.1, 0.15) is 22.8 Å². The fourth-order valence-corrected chi connectivity index (χ4v) is 3.46. The summed E-state index contributed by atoms with van der Waals surface area (Å²) >= 11 is 1.38. The van der Waals surface area contributed by atoms with Crippen molar-refractivity contribution < 1.29 is 14.3 Å². The number of nitrogens with one attached hydrogen (secondary N) is 1. The van der Waals surface area contributed by atoms with Gasteiger partial charge in [0.05, 0.1) is 12.0 Å². The quantitative estimate of drug-likeness (QED) is 0.840. The van der Waals surface area contributed by atoms with Crippen molar-refractivity contribution in [2.75, 3.05) is 24.8 Å². The summed E-state index contributed by atoms with van der Waals surface area (Å²) in [6.07, 6.45) is 5.54. The van der Waals surface area contributed by atoms with Gasteiger partial charge in [-0.05, 0) is 17.7 Å². The predicted octanol–water partition coefficient (Wildman–Crippen LogP) is 2.22. The molecule has 0 aliphatic carbocycles. The number of fused-ring (bicyclic) bond motifs is 1. The number of carbonyl (C=O) groups excluding carboxylic acids is 1. The van der Waals surface area contributed by atoms with Crippen LogP contribution in [0.5, 0.6) is 11.5 Å². The van der Waals surface area contributed by atoms with Crippen molar-refractivity contribution >= 4 is 28.2 Å². The topological polar surface area (TPSA) is 86.5 Å². The molecule has 1 aromatic heterocycles. The Morgan fingerprint density at radius 3 is 3.09 bits per heavy atom. The molecule has 1 unspecified atom stereocenters. The maximum absolute atomic E-state index is 11.9. The summed E-state index contributed by atoms with van der Waals surface area (Å²) in [5, 5.41) is 3.18. The molecule has 0 saturated heterocycles. The van der Waals surface area contributed by atoms with Crippen molar-refractivity contribution in [3.05, 3.63) is 28.6 Å². The molecule has 1 aliphatic rings. The predicted molar refractivity (Wildman–Crippen MR) is 88.9 cm³/mol. The van der Waals surface area contributed by atoms with Crippen LogP contribution in [0, 0.1) is 12.3 Å². The van der Waals surface area contributed by atoms with E-state index >= 15 is 0 Å². The number of hydrogen-bond acceptors (Lipinski definition) is 6. The van der Waals surface area contributed by atoms with Crippen molar-refractivity contribution in [1.29, 1.82) is 0 Å². The fourth-order valence-electron chi connectivity index (χ4n) is 2.54. The highest BCUT2D eigenvalue weighted by molar-refractivity contribution is 7.16. The highest BCUT2D eigenvalue weighted by Crippen LogP contribution is 2.43. The number of benzene rings is 1. The van der Waals surface area contributed by atoms with E-state index in [9.17, 15) is 4.79 Å². The first kappa shape index (κ1) is 15.2. The largest absolute Gasteiger partial charge is 0.493 e. The van der Waals surface area contributed by atoms with E-state index in [1.165, 1.54) is 11.3 Å². The van der Waals surface area contributed by atoms with Crippen molar-refractivity contribution in [3.63, 3.8) is 0 Å². The van der Waals surface area contributed by atoms with Crippen LogP contribution in [0.2, 0.25) is 0 Å². The number of rotatable bonds is 4. The number of amides is 1. The number of hydrogen-bond donors (Lipinski definition) is 2. The number of anilines is 2. The van der Waals surface area contributed by atoms with Gasteiger partial charge in [0.2, 0.25) is 5.91 Å². The van der Waals surface area contributed by atoms with E-state index in [-0.39, 0.29) is 18.4 Å². The first-order valence-electron chi connectivity index (χ1n) is 6.92. The smallest absolute Gasteiger partial charge is 0.226 e. The lowest BCUT2D eigenvalue weighted by molar-refractivity contribution is -0.116. The highest BCUT2D eigenvalue weighted by atomic mass is 32.1. The van der Waals surface area contributed by atoms with Crippen LogP contribution in [0.25, 0.3) is 0 Å². The first-order chi connectivity index (χ1) is 11.1. The molecule has 0 saturated carbocycles. The summed E-state index contributed by atoms with van der Waals surface area (Å²) in [7, 11) is 1.56. The molecule has 23 heavy (non-hydrogen) atoms. The standard InChI is InChI=1S/C16H15N3O3S/c1-3-6-22-11-5-4-9(7-12(11)21-2)10-8-13(20)18-15-14(10)23-16(17)19-15/h1,4-5,7,10H,6,8H2,2H3,(H2,17,19)(H,18,20). The average Bonchev–Trinajstić information content (AvgIpc) is 2.91. The molecule has 3 rings (SSSR count). The number of nitrogens with zero attached hydrogens (tertiary/aromatic N) is 1. The van der Waals surface area contributed by atoms with Crippen LogP contribution in [0.4, 0.5) is 10.9 Å². The van der Waals surface area contributed by atoms with Crippen molar-refractivity contribution in [1.82, 2.24) is 4.98 Å². The molecule has 1 aromatic carbocycles. The second-order valence-corrected chi connectivity index (χ2v) is 6.04. The second kappa shape index (κ2) is 6.18. The Bertz CT molecular complexity index is 794. The Balaban J connectivity index is 1.98. The Morgan fingerprint density at radius 1 is 1.52 bits per heavy atom. The van der Waals surface area contributed by atoms with E-state index in [2.05, 4.69) is 16.2 Å². The number of carbonyl (C=O) groups is 1. The van der Waals surface area contributed by atoms with E-state index in [0.717, 1.165) is 10.4 Å². The Morgan fingerprint density at radius 2 is 2.35 bits per heavy atom. The molecular weight excluding hydrogens is 314 g/mol. The number of methoxy groups -OCH3 is 1. The number of terminal acetylenes is 1. The molecule has 1 aliphatic heterocycles. The van der Waals surface area contributed by atoms with Gasteiger partial charge in [0, 0.05) is 12.3 Å². The number of nitrogen functional groups attached to an aromatic ring is 1. The van der Waals surface area contributed by atoms with Crippen LogP contribution in [-0.2, 0) is 4.79 Å². The van der Waals surface area contributed by atoms with E-state index in [1.54, 1.807) is 13.2 Å². The minimum absolute atomic E-state index is 0.0839. The molecule has 6 nitrogen and oxygen atoms in total. The summed E-state index contributed by atoms with van der Waals surface area (Å²) in [6, 6.07) is 5.55. The molecule has 0 radical (unpaired) electrons. The molecule has 1 atom stereocenters. The lowest BCUT2D eigenvalue weighted by Crippen LogP contribution is -2.22. The van der Waals surface area contributed by atoms with Crippen LogP contribution in [0.15, 0.2) is 18.2 Å². The number of nitrogens with two attached hydrogens (primary N) is 1. The van der Waals surface area contributed by atoms with Crippen molar-refractivity contribution in [2.45, 2.75) is 12.3 Å². The van der Waals surface area contributed by atoms with Crippen LogP contribution in [-0.4, -0.2) is 24.6 Å². The van der Waals surface area contributed by atoms with Gasteiger partial charge < -0.3 is 20.5 Å². The Kier molecular flexibility index (Phi) is 4.08. The maximum Gasteiger partial charge on any atom is 0.226 e. The highest BCUT2D eigenvalue weighted by Gasteiger charge is 2.30. The molecule has 0 fully saturated rings. The summed E-state index contributed by atoms with van der Waals surface area (Å²) in [4.78, 5) is 17.0. The lowest BCUT2D eigenvalue weighted by atomic mass is 9.91. The lowest BCUT2D eigenvalue weighted by Gasteiger charge is -2.22. The molecule has 118 valence electrons.